The molecule has 2 aliphatic rings. The molecule has 0 unspecified atom stereocenters. The number of hydrogen-bond donors (Lipinski definition) is 0. The number of benzene rings is 1. The topological polar surface area (TPSA) is 26.3 Å². The minimum atomic E-state index is -1.05. The summed E-state index contributed by atoms with van der Waals surface area (Å²) < 4.78 is 34.3. The van der Waals surface area contributed by atoms with Crippen LogP contribution < -0.4 is 4.74 Å². The molecule has 0 aliphatic heterocycles. The smallest absolute Gasteiger partial charge is 0.201 e. The van der Waals surface area contributed by atoms with Crippen LogP contribution in [0.15, 0.2) is 12.1 Å². The van der Waals surface area contributed by atoms with Gasteiger partial charge in [0, 0.05) is 5.92 Å². The van der Waals surface area contributed by atoms with E-state index < -0.39 is 11.6 Å². The molecule has 2 saturated carbocycles. The summed E-state index contributed by atoms with van der Waals surface area (Å²) in [5.41, 5.74) is -0.110. The summed E-state index contributed by atoms with van der Waals surface area (Å²) in [6.45, 7) is 4.63. The lowest BCUT2D eigenvalue weighted by Gasteiger charge is -2.37. The minimum absolute atomic E-state index is 0.0958. The molecule has 0 heterocycles. The molecular weight excluding hydrogens is 406 g/mol. The zero-order valence-corrected chi connectivity index (χ0v) is 20.1. The molecule has 1 aromatic carbocycles. The van der Waals surface area contributed by atoms with Gasteiger partial charge in [-0.25, -0.2) is 4.39 Å². The van der Waals surface area contributed by atoms with Crippen molar-refractivity contribution in [1.29, 1.82) is 0 Å². The number of hydrogen-bond acceptors (Lipinski definition) is 2. The Kier molecular flexibility index (Phi) is 9.99. The van der Waals surface area contributed by atoms with Crippen LogP contribution in [-0.4, -0.2) is 12.4 Å². The van der Waals surface area contributed by atoms with Crippen LogP contribution in [-0.2, 0) is 0 Å². The second-order valence-electron chi connectivity index (χ2n) is 10.2. The standard InChI is InChI=1S/C28H42F2O2/c1-3-5-7-8-20-9-11-21(12-10-20)22-13-15-23(16-14-22)28(31)24-17-18-25(27(30)26(24)29)32-19-6-4-2/h17-18,20-23H,3-16,19H2,1-2H3. The van der Waals surface area contributed by atoms with E-state index >= 15 is 0 Å². The van der Waals surface area contributed by atoms with Crippen molar-refractivity contribution in [3.63, 3.8) is 0 Å². The maximum absolute atomic E-state index is 14.6. The van der Waals surface area contributed by atoms with Gasteiger partial charge in [-0.15, -0.1) is 0 Å². The summed E-state index contributed by atoms with van der Waals surface area (Å²) in [5.74, 6) is -0.182. The molecule has 1 aromatic rings. The van der Waals surface area contributed by atoms with Crippen LogP contribution in [0, 0.1) is 35.3 Å². The van der Waals surface area contributed by atoms with Crippen LogP contribution in [0.4, 0.5) is 8.78 Å². The van der Waals surface area contributed by atoms with E-state index in [1.54, 1.807) is 0 Å². The minimum Gasteiger partial charge on any atom is -0.490 e. The molecule has 32 heavy (non-hydrogen) atoms. The Bertz CT molecular complexity index is 716. The average Bonchev–Trinajstić information content (AvgIpc) is 2.82. The van der Waals surface area contributed by atoms with Gasteiger partial charge >= 0.3 is 0 Å². The number of carbonyl (C=O) groups excluding carboxylic acids is 1. The first kappa shape index (κ1) is 25.2. The molecule has 2 fully saturated rings. The lowest BCUT2D eigenvalue weighted by molar-refractivity contribution is 0.0823. The molecule has 180 valence electrons. The first-order valence-corrected chi connectivity index (χ1v) is 13.2. The van der Waals surface area contributed by atoms with Gasteiger partial charge in [-0.1, -0.05) is 58.8 Å². The Morgan fingerprint density at radius 3 is 2.09 bits per heavy atom. The number of ether oxygens (including phenoxy) is 1. The number of unbranched alkanes of at least 4 members (excludes halogenated alkanes) is 3. The van der Waals surface area contributed by atoms with E-state index in [0.717, 1.165) is 50.4 Å². The van der Waals surface area contributed by atoms with E-state index in [1.807, 2.05) is 6.92 Å². The fourth-order valence-electron chi connectivity index (χ4n) is 5.86. The zero-order chi connectivity index (χ0) is 22.9. The summed E-state index contributed by atoms with van der Waals surface area (Å²) in [7, 11) is 0. The van der Waals surface area contributed by atoms with Crippen LogP contribution in [0.25, 0.3) is 0 Å². The number of carbonyl (C=O) groups is 1. The van der Waals surface area contributed by atoms with Crippen molar-refractivity contribution in [2.45, 2.75) is 104 Å². The summed E-state index contributed by atoms with van der Waals surface area (Å²) in [6, 6.07) is 2.82. The molecule has 3 rings (SSSR count). The second-order valence-corrected chi connectivity index (χ2v) is 10.2. The monoisotopic (exact) mass is 448 g/mol. The molecule has 0 amide bonds. The Morgan fingerprint density at radius 1 is 0.844 bits per heavy atom. The molecule has 0 aromatic heterocycles. The van der Waals surface area contributed by atoms with Crippen LogP contribution in [0.5, 0.6) is 5.75 Å². The summed E-state index contributed by atoms with van der Waals surface area (Å²) in [5, 5.41) is 0. The first-order chi connectivity index (χ1) is 15.5. The SMILES string of the molecule is CCCCCC1CCC(C2CCC(C(=O)c3ccc(OCCCC)c(F)c3F)CC2)CC1. The third-order valence-electron chi connectivity index (χ3n) is 7.98. The van der Waals surface area contributed by atoms with E-state index in [0.29, 0.717) is 12.5 Å². The van der Waals surface area contributed by atoms with E-state index in [-0.39, 0.29) is 23.0 Å². The van der Waals surface area contributed by atoms with Gasteiger partial charge in [-0.3, -0.25) is 4.79 Å². The lowest BCUT2D eigenvalue weighted by Crippen LogP contribution is -2.28. The van der Waals surface area contributed by atoms with Gasteiger partial charge in [0.25, 0.3) is 0 Å². The van der Waals surface area contributed by atoms with Gasteiger partial charge in [-0.2, -0.15) is 4.39 Å². The summed E-state index contributed by atoms with van der Waals surface area (Å²) in [6.07, 6.45) is 16.2. The molecule has 0 bridgehead atoms. The quantitative estimate of drug-likeness (QED) is 0.250. The maximum atomic E-state index is 14.6. The Labute approximate surface area is 193 Å². The van der Waals surface area contributed by atoms with E-state index in [4.69, 9.17) is 4.74 Å². The molecular formula is C28H42F2O2. The highest BCUT2D eigenvalue weighted by Gasteiger charge is 2.34. The van der Waals surface area contributed by atoms with Gasteiger partial charge in [0.15, 0.2) is 17.3 Å². The molecule has 0 spiro atoms. The van der Waals surface area contributed by atoms with E-state index in [9.17, 15) is 13.6 Å². The molecule has 0 saturated heterocycles. The Morgan fingerprint density at radius 2 is 1.47 bits per heavy atom. The zero-order valence-electron chi connectivity index (χ0n) is 20.1. The molecule has 2 nitrogen and oxygen atoms in total. The fourth-order valence-corrected chi connectivity index (χ4v) is 5.86. The fraction of sp³-hybridized carbons (Fsp3) is 0.750. The third kappa shape index (κ3) is 6.54. The number of rotatable bonds is 11. The third-order valence-corrected chi connectivity index (χ3v) is 7.98. The van der Waals surface area contributed by atoms with Crippen LogP contribution in [0.1, 0.15) is 114 Å². The van der Waals surface area contributed by atoms with Gasteiger partial charge in [0.05, 0.1) is 12.2 Å². The normalized spacial score (nSPS) is 26.1. The van der Waals surface area contributed by atoms with Crippen LogP contribution >= 0.6 is 0 Å². The van der Waals surface area contributed by atoms with Crippen LogP contribution in [0.2, 0.25) is 0 Å². The summed E-state index contributed by atoms with van der Waals surface area (Å²) in [4.78, 5) is 12.9. The summed E-state index contributed by atoms with van der Waals surface area (Å²) >= 11 is 0. The van der Waals surface area contributed by atoms with Gasteiger partial charge in [0.1, 0.15) is 0 Å². The van der Waals surface area contributed by atoms with Crippen molar-refractivity contribution in [2.24, 2.45) is 23.7 Å². The van der Waals surface area contributed by atoms with Crippen molar-refractivity contribution in [3.8, 4) is 5.75 Å². The molecule has 0 radical (unpaired) electrons. The number of Topliss-reactive ketones (excluding diaryl/α,β-unsaturated/α-hetero) is 1. The number of halogens is 2. The highest BCUT2D eigenvalue weighted by Crippen LogP contribution is 2.43. The Hall–Kier alpha value is -1.45. The Balaban J connectivity index is 1.48. The van der Waals surface area contributed by atoms with E-state index in [1.165, 1.54) is 63.5 Å². The predicted molar refractivity (Wildman–Crippen MR) is 126 cm³/mol. The predicted octanol–water partition coefficient (Wildman–Crippen LogP) is 8.52. The average molecular weight is 449 g/mol. The largest absolute Gasteiger partial charge is 0.490 e. The highest BCUT2D eigenvalue weighted by atomic mass is 19.2. The molecule has 0 atom stereocenters. The van der Waals surface area contributed by atoms with Gasteiger partial charge in [-0.05, 0) is 74.8 Å². The van der Waals surface area contributed by atoms with Crippen molar-refractivity contribution >= 4 is 5.78 Å². The van der Waals surface area contributed by atoms with E-state index in [2.05, 4.69) is 6.92 Å². The highest BCUT2D eigenvalue weighted by molar-refractivity contribution is 5.98. The molecule has 2 aliphatic carbocycles. The second kappa shape index (κ2) is 12.7. The maximum Gasteiger partial charge on any atom is 0.201 e. The first-order valence-electron chi connectivity index (χ1n) is 13.2. The number of ketones is 1. The lowest BCUT2D eigenvalue weighted by atomic mass is 9.68. The molecule has 0 N–H and O–H groups in total. The van der Waals surface area contributed by atoms with Crippen molar-refractivity contribution in [3.05, 3.63) is 29.3 Å². The van der Waals surface area contributed by atoms with Gasteiger partial charge in [0.2, 0.25) is 5.82 Å². The van der Waals surface area contributed by atoms with Gasteiger partial charge < -0.3 is 4.74 Å². The van der Waals surface area contributed by atoms with Crippen molar-refractivity contribution in [1.82, 2.24) is 0 Å². The van der Waals surface area contributed by atoms with Crippen molar-refractivity contribution in [2.75, 3.05) is 6.61 Å². The molecule has 4 heteroatoms. The van der Waals surface area contributed by atoms with Crippen molar-refractivity contribution < 1.29 is 18.3 Å². The van der Waals surface area contributed by atoms with Crippen LogP contribution in [0.3, 0.4) is 0 Å².